The van der Waals surface area contributed by atoms with E-state index in [2.05, 4.69) is 33.5 Å². The van der Waals surface area contributed by atoms with Gasteiger partial charge in [-0.3, -0.25) is 4.79 Å². The summed E-state index contributed by atoms with van der Waals surface area (Å²) in [6, 6.07) is 5.50. The molecule has 0 radical (unpaired) electrons. The fourth-order valence-corrected chi connectivity index (χ4v) is 1.83. The number of fused-ring (bicyclic) bond motifs is 1. The second-order valence-electron chi connectivity index (χ2n) is 2.69. The largest absolute Gasteiger partial charge is 0.327 e. The Morgan fingerprint density at radius 2 is 2.08 bits per heavy atom. The molecule has 2 nitrogen and oxygen atoms in total. The average molecular weight is 256 g/mol. The highest BCUT2D eigenvalue weighted by Gasteiger charge is 2.01. The third-order valence-corrected chi connectivity index (χ3v) is 2.71. The monoisotopic (exact) mass is 255 g/mol. The van der Waals surface area contributed by atoms with Crippen molar-refractivity contribution in [3.05, 3.63) is 39.2 Å². The first-order chi connectivity index (χ1) is 6.18. The molecule has 0 atom stereocenters. The molecule has 0 aliphatic heterocycles. The molecule has 1 heterocycles. The van der Waals surface area contributed by atoms with Crippen molar-refractivity contribution in [2.45, 2.75) is 4.90 Å². The zero-order valence-corrected chi connectivity index (χ0v) is 9.02. The molecule has 0 aliphatic carbocycles. The summed E-state index contributed by atoms with van der Waals surface area (Å²) in [4.78, 5) is 14.7. The second-order valence-corrected chi connectivity index (χ2v) is 4.09. The van der Waals surface area contributed by atoms with Crippen LogP contribution in [-0.2, 0) is 0 Å². The van der Waals surface area contributed by atoms with Gasteiger partial charge in [-0.05, 0) is 18.2 Å². The predicted octanol–water partition coefficient (Wildman–Crippen LogP) is 2.58. The van der Waals surface area contributed by atoms with Crippen LogP contribution in [0.3, 0.4) is 0 Å². The number of benzene rings is 1. The molecule has 0 unspecified atom stereocenters. The summed E-state index contributed by atoms with van der Waals surface area (Å²) in [7, 11) is 0. The van der Waals surface area contributed by atoms with Gasteiger partial charge in [-0.15, -0.1) is 12.6 Å². The number of rotatable bonds is 0. The molecule has 0 amide bonds. The highest BCUT2D eigenvalue weighted by molar-refractivity contribution is 9.10. The molecule has 66 valence electrons. The molecule has 0 saturated carbocycles. The van der Waals surface area contributed by atoms with Crippen molar-refractivity contribution < 1.29 is 0 Å². The minimum atomic E-state index is -0.0831. The molecule has 0 spiro atoms. The first-order valence-electron chi connectivity index (χ1n) is 3.68. The van der Waals surface area contributed by atoms with Crippen LogP contribution in [0, 0.1) is 0 Å². The van der Waals surface area contributed by atoms with Crippen LogP contribution < -0.4 is 5.56 Å². The smallest absolute Gasteiger partial charge is 0.255 e. The van der Waals surface area contributed by atoms with Crippen LogP contribution in [0.5, 0.6) is 0 Å². The molecule has 2 rings (SSSR count). The average Bonchev–Trinajstić information content (AvgIpc) is 2.12. The van der Waals surface area contributed by atoms with Crippen molar-refractivity contribution in [3.8, 4) is 0 Å². The Kier molecular flexibility index (Phi) is 2.17. The van der Waals surface area contributed by atoms with Gasteiger partial charge in [0.2, 0.25) is 0 Å². The number of halogens is 1. The number of aromatic nitrogens is 1. The number of nitrogens with one attached hydrogen (secondary N) is 1. The van der Waals surface area contributed by atoms with E-state index in [1.54, 1.807) is 12.3 Å². The zero-order valence-electron chi connectivity index (χ0n) is 6.54. The van der Waals surface area contributed by atoms with Crippen molar-refractivity contribution >= 4 is 39.3 Å². The molecule has 2 aromatic rings. The number of hydrogen-bond donors (Lipinski definition) is 2. The van der Waals surface area contributed by atoms with E-state index >= 15 is 0 Å². The van der Waals surface area contributed by atoms with Gasteiger partial charge in [0.05, 0.1) is 0 Å². The molecule has 0 saturated heterocycles. The molecular formula is C9H6BrNOS. The van der Waals surface area contributed by atoms with Gasteiger partial charge in [0.1, 0.15) is 0 Å². The summed E-state index contributed by atoms with van der Waals surface area (Å²) in [6.07, 6.45) is 1.60. The fourth-order valence-electron chi connectivity index (χ4n) is 1.22. The number of pyridine rings is 1. The van der Waals surface area contributed by atoms with E-state index in [0.717, 1.165) is 14.8 Å². The van der Waals surface area contributed by atoms with E-state index in [1.165, 1.54) is 0 Å². The predicted molar refractivity (Wildman–Crippen MR) is 59.5 cm³/mol. The Hall–Kier alpha value is -0.740. The van der Waals surface area contributed by atoms with E-state index in [0.29, 0.717) is 5.39 Å². The van der Waals surface area contributed by atoms with Crippen molar-refractivity contribution in [2.75, 3.05) is 0 Å². The first kappa shape index (κ1) is 8.84. The molecule has 0 bridgehead atoms. The molecule has 1 N–H and O–H groups in total. The van der Waals surface area contributed by atoms with Crippen molar-refractivity contribution in [1.82, 2.24) is 4.98 Å². The maximum absolute atomic E-state index is 11.3. The van der Waals surface area contributed by atoms with Gasteiger partial charge in [-0.2, -0.15) is 0 Å². The highest BCUT2D eigenvalue weighted by atomic mass is 79.9. The van der Waals surface area contributed by atoms with Crippen LogP contribution in [-0.4, -0.2) is 4.98 Å². The summed E-state index contributed by atoms with van der Waals surface area (Å²) in [5.74, 6) is 0. The molecule has 13 heavy (non-hydrogen) atoms. The molecule has 1 aromatic carbocycles. The minimum absolute atomic E-state index is 0.0831. The summed E-state index contributed by atoms with van der Waals surface area (Å²) >= 11 is 7.60. The SMILES string of the molecule is O=c1[nH]cc(S)c2cc(Br)ccc12. The van der Waals surface area contributed by atoms with Crippen molar-refractivity contribution in [2.24, 2.45) is 0 Å². The van der Waals surface area contributed by atoms with E-state index < -0.39 is 0 Å². The molecule has 1 aromatic heterocycles. The molecule has 0 aliphatic rings. The summed E-state index contributed by atoms with van der Waals surface area (Å²) in [5.41, 5.74) is -0.0831. The molecular weight excluding hydrogens is 250 g/mol. The minimum Gasteiger partial charge on any atom is -0.327 e. The van der Waals surface area contributed by atoms with Crippen LogP contribution >= 0.6 is 28.6 Å². The lowest BCUT2D eigenvalue weighted by Crippen LogP contribution is -2.04. The van der Waals surface area contributed by atoms with E-state index in [1.807, 2.05) is 12.1 Å². The van der Waals surface area contributed by atoms with E-state index in [9.17, 15) is 4.79 Å². The van der Waals surface area contributed by atoms with Crippen molar-refractivity contribution in [1.29, 1.82) is 0 Å². The standard InChI is InChI=1S/C9H6BrNOS/c10-5-1-2-6-7(3-5)8(13)4-11-9(6)12/h1-4,13H,(H,11,12). The number of thiol groups is 1. The normalized spacial score (nSPS) is 10.6. The van der Waals surface area contributed by atoms with Gasteiger partial charge in [0, 0.05) is 26.3 Å². The fraction of sp³-hybridized carbons (Fsp3) is 0. The Balaban J connectivity index is 3.01. The van der Waals surface area contributed by atoms with Crippen LogP contribution in [0.1, 0.15) is 0 Å². The van der Waals surface area contributed by atoms with Crippen LogP contribution in [0.25, 0.3) is 10.8 Å². The first-order valence-corrected chi connectivity index (χ1v) is 4.92. The van der Waals surface area contributed by atoms with Crippen LogP contribution in [0.15, 0.2) is 38.6 Å². The summed E-state index contributed by atoms with van der Waals surface area (Å²) < 4.78 is 0.945. The van der Waals surface area contributed by atoms with Gasteiger partial charge in [-0.1, -0.05) is 15.9 Å². The van der Waals surface area contributed by atoms with Crippen LogP contribution in [0.4, 0.5) is 0 Å². The van der Waals surface area contributed by atoms with E-state index in [4.69, 9.17) is 0 Å². The van der Waals surface area contributed by atoms with Crippen molar-refractivity contribution in [3.63, 3.8) is 0 Å². The lowest BCUT2D eigenvalue weighted by atomic mass is 10.2. The Morgan fingerprint density at radius 1 is 1.31 bits per heavy atom. The second kappa shape index (κ2) is 3.20. The number of hydrogen-bond acceptors (Lipinski definition) is 2. The maximum atomic E-state index is 11.3. The Morgan fingerprint density at radius 3 is 2.85 bits per heavy atom. The zero-order chi connectivity index (χ0) is 9.42. The van der Waals surface area contributed by atoms with Crippen LogP contribution in [0.2, 0.25) is 0 Å². The number of H-pyrrole nitrogens is 1. The third-order valence-electron chi connectivity index (χ3n) is 1.84. The van der Waals surface area contributed by atoms with Gasteiger partial charge in [0.15, 0.2) is 0 Å². The quantitative estimate of drug-likeness (QED) is 0.698. The lowest BCUT2D eigenvalue weighted by molar-refractivity contribution is 1.22. The Labute approximate surface area is 88.5 Å². The van der Waals surface area contributed by atoms with Gasteiger partial charge in [0.25, 0.3) is 5.56 Å². The summed E-state index contributed by atoms with van der Waals surface area (Å²) in [5, 5.41) is 1.53. The molecule has 0 fully saturated rings. The van der Waals surface area contributed by atoms with Gasteiger partial charge < -0.3 is 4.98 Å². The third kappa shape index (κ3) is 1.51. The summed E-state index contributed by atoms with van der Waals surface area (Å²) in [6.45, 7) is 0. The lowest BCUT2D eigenvalue weighted by Gasteiger charge is -1.99. The van der Waals surface area contributed by atoms with Gasteiger partial charge >= 0.3 is 0 Å². The topological polar surface area (TPSA) is 32.9 Å². The van der Waals surface area contributed by atoms with Gasteiger partial charge in [-0.25, -0.2) is 0 Å². The maximum Gasteiger partial charge on any atom is 0.255 e. The number of aromatic amines is 1. The molecule has 4 heteroatoms. The van der Waals surface area contributed by atoms with E-state index in [-0.39, 0.29) is 5.56 Å². The highest BCUT2D eigenvalue weighted by Crippen LogP contribution is 2.21. The Bertz CT molecular complexity index is 520.